The van der Waals surface area contributed by atoms with Crippen molar-refractivity contribution in [3.8, 4) is 55.6 Å². The van der Waals surface area contributed by atoms with Crippen LogP contribution in [0.15, 0.2) is 98.1 Å². The van der Waals surface area contributed by atoms with Crippen molar-refractivity contribution < 1.29 is 0 Å². The molecule has 0 saturated carbocycles. The van der Waals surface area contributed by atoms with Gasteiger partial charge in [0.1, 0.15) is 0 Å². The average molecular weight is 547 g/mol. The first-order valence-electron chi connectivity index (χ1n) is 14.3. The average Bonchev–Trinajstić information content (AvgIpc) is 3.01. The van der Waals surface area contributed by atoms with Crippen LogP contribution < -0.4 is 0 Å². The Morgan fingerprint density at radius 3 is 0.714 bits per heavy atom. The third-order valence-electron chi connectivity index (χ3n) is 8.55. The molecule has 4 aromatic heterocycles. The summed E-state index contributed by atoms with van der Waals surface area (Å²) in [6, 6.07) is 16.7. The topological polar surface area (TPSA) is 51.6 Å². The van der Waals surface area contributed by atoms with Gasteiger partial charge in [-0.15, -0.1) is 0 Å². The maximum Gasteiger partial charge on any atom is 0.0346 e. The summed E-state index contributed by atoms with van der Waals surface area (Å²) < 4.78 is 0. The van der Waals surface area contributed by atoms with E-state index in [-0.39, 0.29) is 0 Å². The Morgan fingerprint density at radius 2 is 0.524 bits per heavy atom. The highest BCUT2D eigenvalue weighted by Crippen LogP contribution is 2.49. The number of hydrogen-bond acceptors (Lipinski definition) is 4. The number of benzene rings is 2. The summed E-state index contributed by atoms with van der Waals surface area (Å²) in [5.74, 6) is 0. The first-order valence-corrected chi connectivity index (χ1v) is 14.3. The molecule has 0 bridgehead atoms. The van der Waals surface area contributed by atoms with Crippen LogP contribution in [0.1, 0.15) is 33.4 Å². The molecule has 0 fully saturated rings. The minimum atomic E-state index is 1.11. The highest BCUT2D eigenvalue weighted by atomic mass is 14.6. The third-order valence-corrected chi connectivity index (χ3v) is 8.55. The number of aromatic nitrogens is 4. The van der Waals surface area contributed by atoms with E-state index in [1.54, 1.807) is 0 Å². The first-order chi connectivity index (χ1) is 20.4. The molecule has 42 heavy (non-hydrogen) atoms. The van der Waals surface area contributed by atoms with E-state index in [2.05, 4.69) is 85.7 Å². The molecule has 0 amide bonds. The van der Waals surface area contributed by atoms with E-state index in [1.165, 1.54) is 66.8 Å². The molecule has 0 saturated heterocycles. The normalized spacial score (nSPS) is 11.1. The predicted molar refractivity (Wildman–Crippen MR) is 173 cm³/mol. The van der Waals surface area contributed by atoms with Crippen LogP contribution in [0.25, 0.3) is 55.6 Å². The van der Waals surface area contributed by atoms with Gasteiger partial charge in [-0.3, -0.25) is 19.9 Å². The Labute approximate surface area is 248 Å². The van der Waals surface area contributed by atoms with E-state index in [4.69, 9.17) is 0 Å². The summed E-state index contributed by atoms with van der Waals surface area (Å²) in [6.07, 6.45) is 15.2. The molecule has 0 N–H and O–H groups in total. The van der Waals surface area contributed by atoms with Gasteiger partial charge in [0.05, 0.1) is 0 Å². The molecule has 0 spiro atoms. The molecule has 4 nitrogen and oxygen atoms in total. The van der Waals surface area contributed by atoms with Gasteiger partial charge in [-0.25, -0.2) is 0 Å². The molecule has 0 unspecified atom stereocenters. The monoisotopic (exact) mass is 546 g/mol. The molecular weight excluding hydrogens is 512 g/mol. The molecule has 0 atom stereocenters. The molecule has 0 radical (unpaired) electrons. The molecule has 4 heterocycles. The lowest BCUT2D eigenvalue weighted by atomic mass is 9.76. The molecule has 0 aliphatic rings. The van der Waals surface area contributed by atoms with Crippen molar-refractivity contribution in [2.75, 3.05) is 0 Å². The van der Waals surface area contributed by atoms with E-state index in [9.17, 15) is 0 Å². The van der Waals surface area contributed by atoms with Gasteiger partial charge in [0, 0.05) is 71.8 Å². The number of pyridine rings is 4. The van der Waals surface area contributed by atoms with Crippen molar-refractivity contribution in [2.24, 2.45) is 0 Å². The van der Waals surface area contributed by atoms with Gasteiger partial charge < -0.3 is 0 Å². The molecule has 0 aliphatic heterocycles. The third kappa shape index (κ3) is 4.50. The van der Waals surface area contributed by atoms with Gasteiger partial charge in [-0.2, -0.15) is 0 Å². The van der Waals surface area contributed by atoms with E-state index >= 15 is 0 Å². The molecule has 6 rings (SSSR count). The van der Waals surface area contributed by atoms with E-state index < -0.39 is 0 Å². The van der Waals surface area contributed by atoms with E-state index in [0.29, 0.717) is 0 Å². The Morgan fingerprint density at radius 1 is 0.310 bits per heavy atom. The zero-order chi connectivity index (χ0) is 29.4. The molecular formula is C38H34N4. The fraction of sp³-hybridized carbons (Fsp3) is 0.158. The maximum atomic E-state index is 4.50. The fourth-order valence-corrected chi connectivity index (χ4v) is 6.96. The van der Waals surface area contributed by atoms with Crippen LogP contribution in [0, 0.1) is 41.5 Å². The lowest BCUT2D eigenvalue weighted by molar-refractivity contribution is 1.24. The Hall–Kier alpha value is -4.96. The summed E-state index contributed by atoms with van der Waals surface area (Å²) in [5, 5.41) is 0. The predicted octanol–water partition coefficient (Wildman–Crippen LogP) is 9.45. The van der Waals surface area contributed by atoms with Gasteiger partial charge >= 0.3 is 0 Å². The van der Waals surface area contributed by atoms with Gasteiger partial charge in [-0.1, -0.05) is 24.3 Å². The van der Waals surface area contributed by atoms with Crippen LogP contribution in [0.4, 0.5) is 0 Å². The molecule has 0 aliphatic carbocycles. The van der Waals surface area contributed by atoms with E-state index in [1.807, 2.05) is 73.8 Å². The SMILES string of the molecule is Cc1c(-c2cccnc2)c(C)c(-c2c(C)c(-c3cccnc3)c(C)c(-c3cccnc3)c2C)c(C)c1-c1cccnc1. The van der Waals surface area contributed by atoms with Crippen LogP contribution in [-0.2, 0) is 0 Å². The van der Waals surface area contributed by atoms with Crippen molar-refractivity contribution in [2.45, 2.75) is 41.5 Å². The second-order valence-corrected chi connectivity index (χ2v) is 11.0. The van der Waals surface area contributed by atoms with Gasteiger partial charge in [0.25, 0.3) is 0 Å². The quantitative estimate of drug-likeness (QED) is 0.216. The molecule has 4 heteroatoms. The molecule has 6 aromatic rings. The highest BCUT2D eigenvalue weighted by Gasteiger charge is 2.26. The zero-order valence-corrected chi connectivity index (χ0v) is 25.0. The highest BCUT2D eigenvalue weighted by molar-refractivity contribution is 5.97. The fourth-order valence-electron chi connectivity index (χ4n) is 6.96. The molecule has 206 valence electrons. The van der Waals surface area contributed by atoms with E-state index in [0.717, 1.165) is 22.3 Å². The zero-order valence-electron chi connectivity index (χ0n) is 25.0. The Kier molecular flexibility index (Phi) is 7.22. The maximum absolute atomic E-state index is 4.50. The van der Waals surface area contributed by atoms with Crippen LogP contribution in [-0.4, -0.2) is 19.9 Å². The van der Waals surface area contributed by atoms with Crippen molar-refractivity contribution in [3.05, 3.63) is 131 Å². The van der Waals surface area contributed by atoms with Crippen LogP contribution in [0.2, 0.25) is 0 Å². The van der Waals surface area contributed by atoms with Crippen LogP contribution in [0.3, 0.4) is 0 Å². The summed E-state index contributed by atoms with van der Waals surface area (Å²) in [6.45, 7) is 13.5. The standard InChI is InChI=1S/C38H34N4/c1-23-33(29-11-7-15-39-19-29)25(3)37(26(4)34(23)30-12-8-16-40-20-30)38-27(5)35(31-13-9-17-41-21-31)24(2)36(28(38)6)32-14-10-18-42-22-32/h7-22H,1-6H3. The van der Waals surface area contributed by atoms with Gasteiger partial charge in [0.15, 0.2) is 0 Å². The van der Waals surface area contributed by atoms with Crippen molar-refractivity contribution >= 4 is 0 Å². The number of rotatable bonds is 5. The largest absolute Gasteiger partial charge is 0.264 e. The van der Waals surface area contributed by atoms with Gasteiger partial charge in [0.2, 0.25) is 0 Å². The number of hydrogen-bond donors (Lipinski definition) is 0. The second-order valence-electron chi connectivity index (χ2n) is 11.0. The Bertz CT molecular complexity index is 1620. The van der Waals surface area contributed by atoms with Gasteiger partial charge in [-0.05, 0) is 133 Å². The van der Waals surface area contributed by atoms with Crippen molar-refractivity contribution in [3.63, 3.8) is 0 Å². The van der Waals surface area contributed by atoms with Crippen molar-refractivity contribution in [1.29, 1.82) is 0 Å². The first kappa shape index (κ1) is 27.2. The Balaban J connectivity index is 1.80. The number of nitrogens with zero attached hydrogens (tertiary/aromatic N) is 4. The lowest BCUT2D eigenvalue weighted by Crippen LogP contribution is -2.06. The lowest BCUT2D eigenvalue weighted by Gasteiger charge is -2.28. The second kappa shape index (κ2) is 11.1. The summed E-state index contributed by atoms with van der Waals surface area (Å²) in [4.78, 5) is 18.0. The summed E-state index contributed by atoms with van der Waals surface area (Å²) in [5.41, 5.74) is 19.3. The van der Waals surface area contributed by atoms with Crippen LogP contribution >= 0.6 is 0 Å². The minimum absolute atomic E-state index is 1.11. The summed E-state index contributed by atoms with van der Waals surface area (Å²) in [7, 11) is 0. The summed E-state index contributed by atoms with van der Waals surface area (Å²) >= 11 is 0. The van der Waals surface area contributed by atoms with Crippen LogP contribution in [0.5, 0.6) is 0 Å². The smallest absolute Gasteiger partial charge is 0.0346 e. The van der Waals surface area contributed by atoms with Crippen molar-refractivity contribution in [1.82, 2.24) is 19.9 Å². The molecule has 2 aromatic carbocycles. The minimum Gasteiger partial charge on any atom is -0.264 e.